The van der Waals surface area contributed by atoms with E-state index in [1.165, 1.54) is 4.57 Å². The fourth-order valence-corrected chi connectivity index (χ4v) is 3.86. The van der Waals surface area contributed by atoms with Gasteiger partial charge in [-0.3, -0.25) is 14.2 Å². The van der Waals surface area contributed by atoms with Crippen LogP contribution in [0, 0.1) is 0 Å². The average Bonchev–Trinajstić information content (AvgIpc) is 3.29. The summed E-state index contributed by atoms with van der Waals surface area (Å²) >= 11 is 0. The number of carbonyl (C=O) groups excluding carboxylic acids is 1. The lowest BCUT2D eigenvalue weighted by atomic mass is 10.1. The zero-order valence-corrected chi connectivity index (χ0v) is 18.3. The highest BCUT2D eigenvalue weighted by atomic mass is 16.5. The highest BCUT2D eigenvalue weighted by molar-refractivity contribution is 5.82. The van der Waals surface area contributed by atoms with E-state index >= 15 is 0 Å². The fourth-order valence-electron chi connectivity index (χ4n) is 3.86. The van der Waals surface area contributed by atoms with E-state index in [1.54, 1.807) is 6.07 Å². The molecule has 0 saturated carbocycles. The Labute approximate surface area is 186 Å². The molecule has 0 unspecified atom stereocenters. The van der Waals surface area contributed by atoms with Crippen molar-refractivity contribution in [2.75, 3.05) is 19.8 Å². The van der Waals surface area contributed by atoms with Crippen molar-refractivity contribution in [1.29, 1.82) is 0 Å². The molecule has 2 heterocycles. The van der Waals surface area contributed by atoms with Crippen LogP contribution in [0.15, 0.2) is 65.6 Å². The van der Waals surface area contributed by atoms with Crippen molar-refractivity contribution in [2.24, 2.45) is 0 Å². The molecule has 2 aromatic carbocycles. The van der Waals surface area contributed by atoms with Gasteiger partial charge in [0.25, 0.3) is 5.56 Å². The molecular weight excluding hydrogens is 406 g/mol. The third kappa shape index (κ3) is 4.32. The number of para-hydroxylation sites is 2. The first-order valence-electron chi connectivity index (χ1n) is 10.9. The topological polar surface area (TPSA) is 74.0 Å². The van der Waals surface area contributed by atoms with Crippen LogP contribution in [0.25, 0.3) is 16.6 Å². The Bertz CT molecular complexity index is 1310. The minimum Gasteiger partial charge on any atom is -0.490 e. The van der Waals surface area contributed by atoms with E-state index in [4.69, 9.17) is 9.47 Å². The molecule has 2 aromatic heterocycles. The number of benzene rings is 2. The second kappa shape index (κ2) is 9.60. The van der Waals surface area contributed by atoms with E-state index in [0.29, 0.717) is 43.2 Å². The largest absolute Gasteiger partial charge is 0.490 e. The molecule has 0 saturated heterocycles. The summed E-state index contributed by atoms with van der Waals surface area (Å²) in [6.07, 6.45) is 2.50. The van der Waals surface area contributed by atoms with Crippen molar-refractivity contribution in [3.8, 4) is 11.5 Å². The third-order valence-electron chi connectivity index (χ3n) is 5.29. The molecule has 1 N–H and O–H groups in total. The number of rotatable bonds is 9. The summed E-state index contributed by atoms with van der Waals surface area (Å²) in [5, 5.41) is 2.93. The normalized spacial score (nSPS) is 11.1. The highest BCUT2D eigenvalue weighted by Gasteiger charge is 2.13. The molecule has 4 aromatic rings. The van der Waals surface area contributed by atoms with Gasteiger partial charge in [0.2, 0.25) is 5.91 Å². The molecule has 32 heavy (non-hydrogen) atoms. The fraction of sp³-hybridized carbons (Fsp3) is 0.280. The standard InChI is InChI=1S/C25H27N3O4/c1-3-31-22-12-11-18(16-23(22)32-4-2)13-14-26-24(29)17-28-20-9-6-5-8-19(20)27-15-7-10-21(27)25(28)30/h5-12,15-16H,3-4,13-14,17H2,1-2H3,(H,26,29). The maximum absolute atomic E-state index is 13.0. The molecule has 0 atom stereocenters. The Hall–Kier alpha value is -3.74. The van der Waals surface area contributed by atoms with Crippen LogP contribution in [0.2, 0.25) is 0 Å². The van der Waals surface area contributed by atoms with Crippen molar-refractivity contribution in [3.05, 3.63) is 76.7 Å². The van der Waals surface area contributed by atoms with Crippen LogP contribution in [0.3, 0.4) is 0 Å². The van der Waals surface area contributed by atoms with Gasteiger partial charge >= 0.3 is 0 Å². The van der Waals surface area contributed by atoms with Gasteiger partial charge in [0, 0.05) is 12.7 Å². The molecular formula is C25H27N3O4. The summed E-state index contributed by atoms with van der Waals surface area (Å²) in [5.74, 6) is 1.22. The molecule has 1 amide bonds. The van der Waals surface area contributed by atoms with Crippen LogP contribution in [0.5, 0.6) is 11.5 Å². The molecule has 0 aliphatic carbocycles. The van der Waals surface area contributed by atoms with Gasteiger partial charge in [0.05, 0.1) is 24.2 Å². The first-order chi connectivity index (χ1) is 15.6. The Morgan fingerprint density at radius 3 is 2.41 bits per heavy atom. The minimum atomic E-state index is -0.205. The Morgan fingerprint density at radius 1 is 0.906 bits per heavy atom. The summed E-state index contributed by atoms with van der Waals surface area (Å²) in [6, 6.07) is 17.0. The number of amides is 1. The number of hydrogen-bond acceptors (Lipinski definition) is 4. The maximum Gasteiger partial charge on any atom is 0.275 e. The third-order valence-corrected chi connectivity index (χ3v) is 5.29. The van der Waals surface area contributed by atoms with Crippen molar-refractivity contribution in [3.63, 3.8) is 0 Å². The summed E-state index contributed by atoms with van der Waals surface area (Å²) in [4.78, 5) is 25.6. The lowest BCUT2D eigenvalue weighted by molar-refractivity contribution is -0.121. The molecule has 4 rings (SSSR count). The highest BCUT2D eigenvalue weighted by Crippen LogP contribution is 2.28. The van der Waals surface area contributed by atoms with E-state index in [0.717, 1.165) is 16.6 Å². The lowest BCUT2D eigenvalue weighted by Gasteiger charge is -2.14. The molecule has 7 nitrogen and oxygen atoms in total. The van der Waals surface area contributed by atoms with Crippen molar-refractivity contribution >= 4 is 22.5 Å². The monoisotopic (exact) mass is 433 g/mol. The van der Waals surface area contributed by atoms with Crippen LogP contribution >= 0.6 is 0 Å². The predicted molar refractivity (Wildman–Crippen MR) is 125 cm³/mol. The number of fused-ring (bicyclic) bond motifs is 3. The van der Waals surface area contributed by atoms with Gasteiger partial charge in [0.1, 0.15) is 12.1 Å². The Kier molecular flexibility index (Phi) is 6.44. The second-order valence-corrected chi connectivity index (χ2v) is 7.39. The summed E-state index contributed by atoms with van der Waals surface area (Å²) in [5.41, 5.74) is 3.02. The first-order valence-corrected chi connectivity index (χ1v) is 10.9. The number of aromatic nitrogens is 2. The predicted octanol–water partition coefficient (Wildman–Crippen LogP) is 3.41. The molecule has 0 spiro atoms. The van der Waals surface area contributed by atoms with Crippen molar-refractivity contribution < 1.29 is 14.3 Å². The van der Waals surface area contributed by atoms with Crippen molar-refractivity contribution in [2.45, 2.75) is 26.8 Å². The number of carbonyl (C=O) groups is 1. The average molecular weight is 434 g/mol. The second-order valence-electron chi connectivity index (χ2n) is 7.39. The van der Waals surface area contributed by atoms with Crippen LogP contribution in [0.1, 0.15) is 19.4 Å². The summed E-state index contributed by atoms with van der Waals surface area (Å²) in [6.45, 7) is 5.40. The Morgan fingerprint density at radius 2 is 1.62 bits per heavy atom. The molecule has 0 aliphatic heterocycles. The SMILES string of the molecule is CCOc1ccc(CCNC(=O)Cn2c(=O)c3cccn3c3ccccc32)cc1OCC. The van der Waals surface area contributed by atoms with Gasteiger partial charge in [-0.15, -0.1) is 0 Å². The lowest BCUT2D eigenvalue weighted by Crippen LogP contribution is -2.34. The molecule has 7 heteroatoms. The molecule has 0 fully saturated rings. The van der Waals surface area contributed by atoms with E-state index < -0.39 is 0 Å². The zero-order chi connectivity index (χ0) is 22.5. The quantitative estimate of drug-likeness (QED) is 0.439. The molecule has 0 bridgehead atoms. The van der Waals surface area contributed by atoms with Gasteiger partial charge < -0.3 is 19.2 Å². The van der Waals surface area contributed by atoms with Crippen molar-refractivity contribution in [1.82, 2.24) is 14.3 Å². The number of ether oxygens (including phenoxy) is 2. The van der Waals surface area contributed by atoms with E-state index in [2.05, 4.69) is 5.32 Å². The molecule has 166 valence electrons. The van der Waals surface area contributed by atoms with Gasteiger partial charge in [-0.2, -0.15) is 0 Å². The molecule has 0 aliphatic rings. The Balaban J connectivity index is 1.46. The summed E-state index contributed by atoms with van der Waals surface area (Å²) < 4.78 is 14.6. The van der Waals surface area contributed by atoms with Crippen LogP contribution < -0.4 is 20.3 Å². The smallest absolute Gasteiger partial charge is 0.275 e. The van der Waals surface area contributed by atoms with Gasteiger partial charge in [-0.25, -0.2) is 0 Å². The van der Waals surface area contributed by atoms with Crippen LogP contribution in [0.4, 0.5) is 0 Å². The zero-order valence-electron chi connectivity index (χ0n) is 18.3. The van der Waals surface area contributed by atoms with E-state index in [-0.39, 0.29) is 18.0 Å². The van der Waals surface area contributed by atoms with E-state index in [1.807, 2.05) is 73.0 Å². The van der Waals surface area contributed by atoms with Crippen LogP contribution in [-0.4, -0.2) is 34.6 Å². The number of nitrogens with one attached hydrogen (secondary N) is 1. The number of hydrogen-bond donors (Lipinski definition) is 1. The maximum atomic E-state index is 13.0. The molecule has 0 radical (unpaired) electrons. The summed E-state index contributed by atoms with van der Waals surface area (Å²) in [7, 11) is 0. The first kappa shape index (κ1) is 21.5. The van der Waals surface area contributed by atoms with Crippen LogP contribution in [-0.2, 0) is 17.8 Å². The van der Waals surface area contributed by atoms with Gasteiger partial charge in [-0.05, 0) is 62.2 Å². The van der Waals surface area contributed by atoms with Gasteiger partial charge in [0.15, 0.2) is 11.5 Å². The minimum absolute atomic E-state index is 0.0332. The van der Waals surface area contributed by atoms with Gasteiger partial charge in [-0.1, -0.05) is 18.2 Å². The number of nitrogens with zero attached hydrogens (tertiary/aromatic N) is 2. The van der Waals surface area contributed by atoms with E-state index in [9.17, 15) is 9.59 Å².